The van der Waals surface area contributed by atoms with Gasteiger partial charge >= 0.3 is 0 Å². The van der Waals surface area contributed by atoms with Crippen molar-refractivity contribution in [2.24, 2.45) is 5.73 Å². The summed E-state index contributed by atoms with van der Waals surface area (Å²) in [6.45, 7) is 6.17. The molecule has 2 aromatic rings. The number of carbonyl (C=O) groups is 1. The van der Waals surface area contributed by atoms with Crippen LogP contribution >= 0.6 is 12.2 Å². The zero-order chi connectivity index (χ0) is 14.9. The third-order valence-corrected chi connectivity index (χ3v) is 3.59. The number of H-pyrrole nitrogens is 1. The van der Waals surface area contributed by atoms with Crippen LogP contribution in [-0.4, -0.2) is 22.1 Å². The van der Waals surface area contributed by atoms with Crippen molar-refractivity contribution in [2.45, 2.75) is 32.7 Å². The number of aromatic amines is 1. The van der Waals surface area contributed by atoms with Gasteiger partial charge in [-0.25, -0.2) is 0 Å². The molecule has 20 heavy (non-hydrogen) atoms. The topological polar surface area (TPSA) is 73.0 Å². The quantitative estimate of drug-likeness (QED) is 0.832. The van der Waals surface area contributed by atoms with E-state index in [1.165, 1.54) is 0 Å². The monoisotopic (exact) mass is 293 g/mol. The Labute approximate surface area is 122 Å². The Morgan fingerprint density at radius 1 is 1.50 bits per heavy atom. The largest absolute Gasteiger partial charge is 0.491 e. The number of hydrogen-bond donors (Lipinski definition) is 2. The van der Waals surface area contributed by atoms with E-state index in [0.717, 1.165) is 23.2 Å². The first-order valence-electron chi connectivity index (χ1n) is 6.56. The molecular formula is C14H19N3O2S. The van der Waals surface area contributed by atoms with Crippen molar-refractivity contribution in [3.8, 4) is 5.75 Å². The van der Waals surface area contributed by atoms with Gasteiger partial charge in [0.05, 0.1) is 12.1 Å². The van der Waals surface area contributed by atoms with Crippen molar-refractivity contribution in [1.82, 2.24) is 9.55 Å². The highest BCUT2D eigenvalue weighted by molar-refractivity contribution is 7.71. The van der Waals surface area contributed by atoms with E-state index in [4.69, 9.17) is 22.7 Å². The van der Waals surface area contributed by atoms with Crippen LogP contribution in [0, 0.1) is 4.77 Å². The van der Waals surface area contributed by atoms with Crippen LogP contribution in [-0.2, 0) is 10.3 Å². The van der Waals surface area contributed by atoms with E-state index < -0.39 is 11.4 Å². The molecule has 1 aromatic heterocycles. The summed E-state index contributed by atoms with van der Waals surface area (Å²) in [4.78, 5) is 14.8. The molecule has 0 radical (unpaired) electrons. The van der Waals surface area contributed by atoms with Gasteiger partial charge in [-0.15, -0.1) is 0 Å². The number of fused-ring (bicyclic) bond motifs is 1. The zero-order valence-electron chi connectivity index (χ0n) is 11.9. The molecule has 0 aliphatic rings. The molecule has 0 bridgehead atoms. The molecule has 0 atom stereocenters. The first kappa shape index (κ1) is 14.6. The molecule has 5 nitrogen and oxygen atoms in total. The highest BCUT2D eigenvalue weighted by atomic mass is 32.1. The van der Waals surface area contributed by atoms with Gasteiger partial charge in [-0.1, -0.05) is 13.0 Å². The molecule has 0 aliphatic heterocycles. The van der Waals surface area contributed by atoms with E-state index in [1.54, 1.807) is 18.4 Å². The lowest BCUT2D eigenvalue weighted by Gasteiger charge is -2.23. The molecular weight excluding hydrogens is 274 g/mol. The fraction of sp³-hybridized carbons (Fsp3) is 0.429. The molecule has 3 N–H and O–H groups in total. The molecule has 1 heterocycles. The minimum atomic E-state index is -0.904. The minimum absolute atomic E-state index is 0.436. The van der Waals surface area contributed by atoms with Gasteiger partial charge < -0.3 is 20.0 Å². The maximum absolute atomic E-state index is 11.7. The lowest BCUT2D eigenvalue weighted by atomic mass is 10.0. The summed E-state index contributed by atoms with van der Waals surface area (Å²) in [5, 5.41) is 0. The fourth-order valence-corrected chi connectivity index (χ4v) is 2.53. The van der Waals surface area contributed by atoms with Crippen LogP contribution < -0.4 is 10.5 Å². The predicted molar refractivity (Wildman–Crippen MR) is 81.4 cm³/mol. The standard InChI is InChI=1S/C14H19N3O2S/c1-4-8-19-10-7-5-6-9-11(10)16-13(20)17(9)14(2,3)12(15)18/h5-7H,4,8H2,1-3H3,(H2,15,18)(H,16,20). The number of nitrogens with two attached hydrogens (primary N) is 1. The van der Waals surface area contributed by atoms with Crippen molar-refractivity contribution in [3.63, 3.8) is 0 Å². The van der Waals surface area contributed by atoms with E-state index in [0.29, 0.717) is 11.4 Å². The SMILES string of the molecule is CCCOc1cccc2c1[nH]c(=S)n2C(C)(C)C(N)=O. The molecule has 0 aliphatic carbocycles. The van der Waals surface area contributed by atoms with Crippen LogP contribution in [0.15, 0.2) is 18.2 Å². The Morgan fingerprint density at radius 2 is 2.20 bits per heavy atom. The van der Waals surface area contributed by atoms with Gasteiger partial charge in [0.25, 0.3) is 0 Å². The Morgan fingerprint density at radius 3 is 2.80 bits per heavy atom. The predicted octanol–water partition coefficient (Wildman–Crippen LogP) is 2.71. The van der Waals surface area contributed by atoms with E-state index in [9.17, 15) is 4.79 Å². The van der Waals surface area contributed by atoms with Gasteiger partial charge in [-0.3, -0.25) is 4.79 Å². The second-order valence-electron chi connectivity index (χ2n) is 5.19. The van der Waals surface area contributed by atoms with Gasteiger partial charge in [0.1, 0.15) is 16.8 Å². The van der Waals surface area contributed by atoms with Crippen molar-refractivity contribution < 1.29 is 9.53 Å². The summed E-state index contributed by atoms with van der Waals surface area (Å²) < 4.78 is 7.89. The van der Waals surface area contributed by atoms with Gasteiger partial charge in [0.15, 0.2) is 4.77 Å². The molecule has 6 heteroatoms. The number of nitrogens with zero attached hydrogens (tertiary/aromatic N) is 1. The van der Waals surface area contributed by atoms with Crippen LogP contribution in [0.3, 0.4) is 0 Å². The molecule has 0 saturated carbocycles. The molecule has 2 rings (SSSR count). The Kier molecular flexibility index (Phi) is 3.85. The number of rotatable bonds is 5. The number of primary amides is 1. The Hall–Kier alpha value is -1.82. The van der Waals surface area contributed by atoms with Crippen LogP contribution in [0.4, 0.5) is 0 Å². The van der Waals surface area contributed by atoms with Crippen LogP contribution in [0.2, 0.25) is 0 Å². The summed E-state index contributed by atoms with van der Waals surface area (Å²) in [5.41, 5.74) is 6.19. The number of carbonyl (C=O) groups excluding carboxylic acids is 1. The van der Waals surface area contributed by atoms with Crippen molar-refractivity contribution >= 4 is 29.2 Å². The third-order valence-electron chi connectivity index (χ3n) is 3.30. The highest BCUT2D eigenvalue weighted by Gasteiger charge is 2.30. The molecule has 0 spiro atoms. The van der Waals surface area contributed by atoms with Gasteiger partial charge in [-0.05, 0) is 44.6 Å². The van der Waals surface area contributed by atoms with Crippen LogP contribution in [0.1, 0.15) is 27.2 Å². The lowest BCUT2D eigenvalue weighted by Crippen LogP contribution is -2.41. The van der Waals surface area contributed by atoms with Crippen molar-refractivity contribution in [2.75, 3.05) is 6.61 Å². The average molecular weight is 293 g/mol. The summed E-state index contributed by atoms with van der Waals surface area (Å²) in [6, 6.07) is 5.65. The first-order chi connectivity index (χ1) is 9.39. The summed E-state index contributed by atoms with van der Waals surface area (Å²) in [5.74, 6) is 0.295. The second-order valence-corrected chi connectivity index (χ2v) is 5.57. The molecule has 0 unspecified atom stereocenters. The van der Waals surface area contributed by atoms with Gasteiger partial charge in [0.2, 0.25) is 5.91 Å². The molecule has 1 amide bonds. The molecule has 0 fully saturated rings. The van der Waals surface area contributed by atoms with E-state index >= 15 is 0 Å². The van der Waals surface area contributed by atoms with Crippen molar-refractivity contribution in [3.05, 3.63) is 23.0 Å². The molecule has 1 aromatic carbocycles. The van der Waals surface area contributed by atoms with E-state index in [2.05, 4.69) is 4.98 Å². The van der Waals surface area contributed by atoms with E-state index in [1.807, 2.05) is 25.1 Å². The number of nitrogens with one attached hydrogen (secondary N) is 1. The van der Waals surface area contributed by atoms with Gasteiger partial charge in [0, 0.05) is 0 Å². The number of imidazole rings is 1. The number of hydrogen-bond acceptors (Lipinski definition) is 3. The number of benzene rings is 1. The number of aromatic nitrogens is 2. The number of ether oxygens (including phenoxy) is 1. The summed E-state index contributed by atoms with van der Waals surface area (Å²) in [6.07, 6.45) is 0.921. The smallest absolute Gasteiger partial charge is 0.243 e. The Bertz CT molecular complexity index is 700. The zero-order valence-corrected chi connectivity index (χ0v) is 12.7. The number of amides is 1. The molecule has 0 saturated heterocycles. The first-order valence-corrected chi connectivity index (χ1v) is 6.97. The van der Waals surface area contributed by atoms with Crippen LogP contribution in [0.5, 0.6) is 5.75 Å². The van der Waals surface area contributed by atoms with E-state index in [-0.39, 0.29) is 0 Å². The maximum Gasteiger partial charge on any atom is 0.243 e. The van der Waals surface area contributed by atoms with Crippen LogP contribution in [0.25, 0.3) is 11.0 Å². The summed E-state index contributed by atoms with van der Waals surface area (Å²) >= 11 is 5.34. The number of para-hydroxylation sites is 1. The second kappa shape index (κ2) is 5.28. The fourth-order valence-electron chi connectivity index (χ4n) is 2.10. The molecule has 108 valence electrons. The van der Waals surface area contributed by atoms with Crippen molar-refractivity contribution in [1.29, 1.82) is 0 Å². The maximum atomic E-state index is 11.7. The minimum Gasteiger partial charge on any atom is -0.491 e. The highest BCUT2D eigenvalue weighted by Crippen LogP contribution is 2.29. The normalized spacial score (nSPS) is 11.8. The summed E-state index contributed by atoms with van der Waals surface area (Å²) in [7, 11) is 0. The Balaban J connectivity index is 2.67. The third kappa shape index (κ3) is 2.31. The lowest BCUT2D eigenvalue weighted by molar-refractivity contribution is -0.124. The van der Waals surface area contributed by atoms with Gasteiger partial charge in [-0.2, -0.15) is 0 Å². The average Bonchev–Trinajstić information content (AvgIpc) is 2.73.